The van der Waals surface area contributed by atoms with Crippen molar-refractivity contribution < 1.29 is 9.90 Å². The number of carbonyl (C=O) groups is 1. The Kier molecular flexibility index (Phi) is 4.09. The summed E-state index contributed by atoms with van der Waals surface area (Å²) in [6, 6.07) is 10.1. The van der Waals surface area contributed by atoms with Gasteiger partial charge in [-0.25, -0.2) is 0 Å². The van der Waals surface area contributed by atoms with E-state index < -0.39 is 6.04 Å². The maximum absolute atomic E-state index is 11.9. The summed E-state index contributed by atoms with van der Waals surface area (Å²) in [4.78, 5) is 12.7. The van der Waals surface area contributed by atoms with Crippen molar-refractivity contribution >= 4 is 22.9 Å². The molecule has 2 aromatic rings. The zero-order chi connectivity index (χ0) is 13.0. The van der Waals surface area contributed by atoms with Gasteiger partial charge in [-0.3, -0.25) is 4.79 Å². The van der Waals surface area contributed by atoms with E-state index in [1.807, 2.05) is 17.5 Å². The molecule has 0 aliphatic heterocycles. The Bertz CT molecular complexity index is 526. The molecule has 18 heavy (non-hydrogen) atoms. The molecule has 0 aliphatic rings. The summed E-state index contributed by atoms with van der Waals surface area (Å²) in [7, 11) is 0. The number of carbonyl (C=O) groups excluding carboxylic acids is 1. The van der Waals surface area contributed by atoms with Crippen molar-refractivity contribution in [3.63, 3.8) is 0 Å². The van der Waals surface area contributed by atoms with E-state index in [0.717, 1.165) is 10.4 Å². The molecule has 0 bridgehead atoms. The van der Waals surface area contributed by atoms with E-state index in [-0.39, 0.29) is 12.5 Å². The van der Waals surface area contributed by atoms with Crippen LogP contribution >= 0.6 is 11.3 Å². The van der Waals surface area contributed by atoms with E-state index in [0.29, 0.717) is 5.69 Å². The Balaban J connectivity index is 2.06. The quantitative estimate of drug-likeness (QED) is 0.787. The van der Waals surface area contributed by atoms with E-state index >= 15 is 0 Å². The van der Waals surface area contributed by atoms with Gasteiger partial charge in [0.15, 0.2) is 0 Å². The molecule has 1 aromatic heterocycles. The third-order valence-corrected chi connectivity index (χ3v) is 3.46. The SMILES string of the molecule is NC(C(=O)Nc1cccc(CO)c1)c1cccs1. The molecular weight excluding hydrogens is 248 g/mol. The van der Waals surface area contributed by atoms with Crippen molar-refractivity contribution in [3.8, 4) is 0 Å². The molecule has 0 fully saturated rings. The first-order valence-corrected chi connectivity index (χ1v) is 6.38. The van der Waals surface area contributed by atoms with Gasteiger partial charge in [-0.05, 0) is 29.1 Å². The lowest BCUT2D eigenvalue weighted by Crippen LogP contribution is -2.26. The van der Waals surface area contributed by atoms with E-state index in [1.54, 1.807) is 24.3 Å². The summed E-state index contributed by atoms with van der Waals surface area (Å²) >= 11 is 1.45. The van der Waals surface area contributed by atoms with Crippen LogP contribution in [0.2, 0.25) is 0 Å². The molecule has 1 aromatic carbocycles. The van der Waals surface area contributed by atoms with Crippen LogP contribution in [0.3, 0.4) is 0 Å². The highest BCUT2D eigenvalue weighted by Gasteiger charge is 2.16. The second-order valence-corrected chi connectivity index (χ2v) is 4.82. The minimum absolute atomic E-state index is 0.0549. The predicted molar refractivity (Wildman–Crippen MR) is 72.2 cm³/mol. The van der Waals surface area contributed by atoms with Gasteiger partial charge in [0.25, 0.3) is 0 Å². The topological polar surface area (TPSA) is 75.4 Å². The van der Waals surface area contributed by atoms with Crippen LogP contribution in [0.15, 0.2) is 41.8 Å². The molecule has 2 rings (SSSR count). The molecule has 5 heteroatoms. The van der Waals surface area contributed by atoms with Gasteiger partial charge in [-0.2, -0.15) is 0 Å². The molecule has 0 radical (unpaired) electrons. The summed E-state index contributed by atoms with van der Waals surface area (Å²) < 4.78 is 0. The first kappa shape index (κ1) is 12.8. The number of aliphatic hydroxyl groups is 1. The fourth-order valence-corrected chi connectivity index (χ4v) is 2.29. The second kappa shape index (κ2) is 5.77. The lowest BCUT2D eigenvalue weighted by atomic mass is 10.2. The van der Waals surface area contributed by atoms with Crippen LogP contribution in [0.1, 0.15) is 16.5 Å². The van der Waals surface area contributed by atoms with Gasteiger partial charge in [-0.1, -0.05) is 18.2 Å². The highest BCUT2D eigenvalue weighted by atomic mass is 32.1. The monoisotopic (exact) mass is 262 g/mol. The van der Waals surface area contributed by atoms with Gasteiger partial charge >= 0.3 is 0 Å². The lowest BCUT2D eigenvalue weighted by Gasteiger charge is -2.11. The normalized spacial score (nSPS) is 12.1. The van der Waals surface area contributed by atoms with Crippen molar-refractivity contribution in [1.82, 2.24) is 0 Å². The summed E-state index contributed by atoms with van der Waals surface area (Å²) in [6.45, 7) is -0.0549. The molecule has 1 unspecified atom stereocenters. The Morgan fingerprint density at radius 1 is 1.39 bits per heavy atom. The van der Waals surface area contributed by atoms with Gasteiger partial charge in [-0.15, -0.1) is 11.3 Å². The van der Waals surface area contributed by atoms with Crippen LogP contribution in [0, 0.1) is 0 Å². The fourth-order valence-electron chi connectivity index (χ4n) is 1.56. The number of thiophene rings is 1. The molecular formula is C13H14N2O2S. The molecule has 1 amide bonds. The minimum atomic E-state index is -0.664. The van der Waals surface area contributed by atoms with Crippen molar-refractivity contribution in [2.45, 2.75) is 12.6 Å². The van der Waals surface area contributed by atoms with Crippen LogP contribution in [0.25, 0.3) is 0 Å². The number of aliphatic hydroxyl groups excluding tert-OH is 1. The second-order valence-electron chi connectivity index (χ2n) is 3.84. The van der Waals surface area contributed by atoms with Crippen molar-refractivity contribution in [3.05, 3.63) is 52.2 Å². The molecule has 1 heterocycles. The molecule has 94 valence electrons. The molecule has 0 saturated carbocycles. The summed E-state index contributed by atoms with van der Waals surface area (Å²) in [5, 5.41) is 13.6. The van der Waals surface area contributed by atoms with Crippen LogP contribution < -0.4 is 11.1 Å². The number of anilines is 1. The van der Waals surface area contributed by atoms with Crippen molar-refractivity contribution in [1.29, 1.82) is 0 Å². The Morgan fingerprint density at radius 2 is 2.22 bits per heavy atom. The first-order chi connectivity index (χ1) is 8.70. The van der Waals surface area contributed by atoms with Gasteiger partial charge in [0.05, 0.1) is 6.61 Å². The summed E-state index contributed by atoms with van der Waals surface area (Å²) in [5.74, 6) is -0.257. The number of amides is 1. The molecule has 4 N–H and O–H groups in total. The van der Waals surface area contributed by atoms with Gasteiger partial charge < -0.3 is 16.2 Å². The average molecular weight is 262 g/mol. The molecule has 4 nitrogen and oxygen atoms in total. The number of rotatable bonds is 4. The highest BCUT2D eigenvalue weighted by molar-refractivity contribution is 7.10. The number of nitrogens with two attached hydrogens (primary N) is 1. The van der Waals surface area contributed by atoms with Crippen LogP contribution in [0.4, 0.5) is 5.69 Å². The predicted octanol–water partition coefficient (Wildman–Crippen LogP) is 1.88. The smallest absolute Gasteiger partial charge is 0.246 e. The van der Waals surface area contributed by atoms with Gasteiger partial charge in [0.1, 0.15) is 6.04 Å². The first-order valence-electron chi connectivity index (χ1n) is 5.50. The lowest BCUT2D eigenvalue weighted by molar-refractivity contribution is -0.117. The van der Waals surface area contributed by atoms with E-state index in [1.165, 1.54) is 11.3 Å². The Labute approximate surface area is 109 Å². The Hall–Kier alpha value is -1.69. The van der Waals surface area contributed by atoms with E-state index in [9.17, 15) is 4.79 Å². The minimum Gasteiger partial charge on any atom is -0.392 e. The van der Waals surface area contributed by atoms with Crippen molar-refractivity contribution in [2.24, 2.45) is 5.73 Å². The van der Waals surface area contributed by atoms with E-state index in [4.69, 9.17) is 10.8 Å². The third-order valence-electron chi connectivity index (χ3n) is 2.51. The summed E-state index contributed by atoms with van der Waals surface area (Å²) in [6.07, 6.45) is 0. The molecule has 0 spiro atoms. The standard InChI is InChI=1S/C13H14N2O2S/c14-12(11-5-2-6-18-11)13(17)15-10-4-1-3-9(7-10)8-16/h1-7,12,16H,8,14H2,(H,15,17). The van der Waals surface area contributed by atoms with Crippen LogP contribution in [-0.2, 0) is 11.4 Å². The molecule has 0 aliphatic carbocycles. The largest absolute Gasteiger partial charge is 0.392 e. The van der Waals surface area contributed by atoms with Gasteiger partial charge in [0.2, 0.25) is 5.91 Å². The number of benzene rings is 1. The molecule has 1 atom stereocenters. The van der Waals surface area contributed by atoms with E-state index in [2.05, 4.69) is 5.32 Å². The van der Waals surface area contributed by atoms with Crippen molar-refractivity contribution in [2.75, 3.05) is 5.32 Å². The average Bonchev–Trinajstić information content (AvgIpc) is 2.92. The Morgan fingerprint density at radius 3 is 2.89 bits per heavy atom. The molecule has 0 saturated heterocycles. The number of nitrogens with one attached hydrogen (secondary N) is 1. The zero-order valence-electron chi connectivity index (χ0n) is 9.67. The highest BCUT2D eigenvalue weighted by Crippen LogP contribution is 2.19. The van der Waals surface area contributed by atoms with Crippen LogP contribution in [0.5, 0.6) is 0 Å². The number of hydrogen-bond donors (Lipinski definition) is 3. The zero-order valence-corrected chi connectivity index (χ0v) is 10.5. The number of hydrogen-bond acceptors (Lipinski definition) is 4. The third kappa shape index (κ3) is 2.95. The maximum Gasteiger partial charge on any atom is 0.246 e. The van der Waals surface area contributed by atoms with Crippen LogP contribution in [-0.4, -0.2) is 11.0 Å². The fraction of sp³-hybridized carbons (Fsp3) is 0.154. The van der Waals surface area contributed by atoms with Gasteiger partial charge in [0, 0.05) is 10.6 Å². The summed E-state index contributed by atoms with van der Waals surface area (Å²) in [5.41, 5.74) is 7.24. The maximum atomic E-state index is 11.9.